The Balaban J connectivity index is 2.07. The summed E-state index contributed by atoms with van der Waals surface area (Å²) in [6.07, 6.45) is 3.84. The average Bonchev–Trinajstić information content (AvgIpc) is 2.83. The van der Waals surface area contributed by atoms with E-state index < -0.39 is 5.97 Å². The van der Waals surface area contributed by atoms with Crippen LogP contribution in [0.3, 0.4) is 0 Å². The largest absolute Gasteiger partial charge is 0.481 e. The third-order valence-corrected chi connectivity index (χ3v) is 3.71. The maximum absolute atomic E-state index is 11.1. The first-order valence-corrected chi connectivity index (χ1v) is 5.94. The van der Waals surface area contributed by atoms with Crippen LogP contribution in [0.2, 0.25) is 0 Å². The zero-order valence-corrected chi connectivity index (χ0v) is 10.5. The van der Waals surface area contributed by atoms with Crippen LogP contribution in [0.1, 0.15) is 25.5 Å². The van der Waals surface area contributed by atoms with Crippen molar-refractivity contribution >= 4 is 5.97 Å². The van der Waals surface area contributed by atoms with Crippen molar-refractivity contribution in [1.82, 2.24) is 14.7 Å². The molecule has 3 unspecified atom stereocenters. The minimum atomic E-state index is -0.682. The number of rotatable bonds is 3. The Labute approximate surface area is 101 Å². The van der Waals surface area contributed by atoms with Crippen LogP contribution < -0.4 is 0 Å². The lowest BCUT2D eigenvalue weighted by atomic mass is 9.99. The molecule has 1 saturated heterocycles. The minimum absolute atomic E-state index is 0.214. The summed E-state index contributed by atoms with van der Waals surface area (Å²) in [4.78, 5) is 13.3. The van der Waals surface area contributed by atoms with Gasteiger partial charge >= 0.3 is 5.97 Å². The van der Waals surface area contributed by atoms with Crippen molar-refractivity contribution in [2.45, 2.75) is 19.9 Å². The first-order valence-electron chi connectivity index (χ1n) is 5.94. The molecule has 5 heteroatoms. The zero-order chi connectivity index (χ0) is 12.6. The molecule has 2 heterocycles. The van der Waals surface area contributed by atoms with Crippen LogP contribution in [-0.4, -0.2) is 38.8 Å². The van der Waals surface area contributed by atoms with E-state index >= 15 is 0 Å². The van der Waals surface area contributed by atoms with Gasteiger partial charge in [-0.25, -0.2) is 0 Å². The summed E-state index contributed by atoms with van der Waals surface area (Å²) in [6.45, 7) is 5.59. The number of nitrogens with zero attached hydrogens (tertiary/aromatic N) is 3. The van der Waals surface area contributed by atoms with E-state index in [9.17, 15) is 4.79 Å². The average molecular weight is 237 g/mol. The van der Waals surface area contributed by atoms with E-state index in [0.29, 0.717) is 6.54 Å². The first kappa shape index (κ1) is 12.1. The van der Waals surface area contributed by atoms with Crippen molar-refractivity contribution in [2.75, 3.05) is 13.1 Å². The molecule has 2 rings (SSSR count). The quantitative estimate of drug-likeness (QED) is 0.856. The monoisotopic (exact) mass is 237 g/mol. The Kier molecular flexibility index (Phi) is 3.19. The lowest BCUT2D eigenvalue weighted by Gasteiger charge is -2.22. The van der Waals surface area contributed by atoms with Crippen molar-refractivity contribution < 1.29 is 9.90 Å². The highest BCUT2D eigenvalue weighted by molar-refractivity contribution is 5.71. The second-order valence-electron chi connectivity index (χ2n) is 5.00. The van der Waals surface area contributed by atoms with Crippen LogP contribution in [0.4, 0.5) is 0 Å². The van der Waals surface area contributed by atoms with Gasteiger partial charge in [0, 0.05) is 37.9 Å². The molecule has 1 aliphatic rings. The molecule has 1 aliphatic heterocycles. The summed E-state index contributed by atoms with van der Waals surface area (Å²) >= 11 is 0. The van der Waals surface area contributed by atoms with Gasteiger partial charge in [0.05, 0.1) is 12.1 Å². The molecule has 1 aromatic heterocycles. The number of aryl methyl sites for hydroxylation is 1. The number of aliphatic carboxylic acids is 1. The molecule has 0 aliphatic carbocycles. The second-order valence-corrected chi connectivity index (χ2v) is 5.00. The van der Waals surface area contributed by atoms with Crippen molar-refractivity contribution in [3.63, 3.8) is 0 Å². The molecule has 17 heavy (non-hydrogen) atoms. The van der Waals surface area contributed by atoms with Gasteiger partial charge in [-0.2, -0.15) is 5.10 Å². The van der Waals surface area contributed by atoms with Gasteiger partial charge in [0.2, 0.25) is 0 Å². The topological polar surface area (TPSA) is 58.4 Å². The molecular weight excluding hydrogens is 218 g/mol. The number of carboxylic acid groups (broad SMARTS) is 1. The molecule has 0 amide bonds. The van der Waals surface area contributed by atoms with Gasteiger partial charge in [-0.05, 0) is 12.8 Å². The number of carboxylic acids is 1. The summed E-state index contributed by atoms with van der Waals surface area (Å²) in [5, 5.41) is 13.3. The number of hydrogen-bond acceptors (Lipinski definition) is 3. The fourth-order valence-corrected chi connectivity index (χ4v) is 2.51. The number of likely N-dealkylation sites (tertiary alicyclic amines) is 1. The van der Waals surface area contributed by atoms with E-state index in [1.165, 1.54) is 0 Å². The number of carbonyl (C=O) groups is 1. The molecule has 0 spiro atoms. The third-order valence-electron chi connectivity index (χ3n) is 3.71. The number of hydrogen-bond donors (Lipinski definition) is 1. The highest BCUT2D eigenvalue weighted by atomic mass is 16.4. The molecule has 1 N–H and O–H groups in total. The molecule has 0 aromatic carbocycles. The molecule has 1 aromatic rings. The van der Waals surface area contributed by atoms with Crippen molar-refractivity contribution in [3.8, 4) is 0 Å². The van der Waals surface area contributed by atoms with Gasteiger partial charge in [-0.1, -0.05) is 6.92 Å². The van der Waals surface area contributed by atoms with Crippen LogP contribution >= 0.6 is 0 Å². The second kappa shape index (κ2) is 4.49. The number of aromatic nitrogens is 2. The van der Waals surface area contributed by atoms with E-state index in [1.807, 2.05) is 26.4 Å². The first-order chi connectivity index (χ1) is 7.99. The SMILES string of the molecule is CC1CN(C(C)c2cnn(C)c2)CC1C(=O)O. The fraction of sp³-hybridized carbons (Fsp3) is 0.667. The van der Waals surface area contributed by atoms with Gasteiger partial charge in [0.25, 0.3) is 0 Å². The summed E-state index contributed by atoms with van der Waals surface area (Å²) in [5.41, 5.74) is 1.14. The van der Waals surface area contributed by atoms with E-state index in [2.05, 4.69) is 16.9 Å². The molecule has 3 atom stereocenters. The van der Waals surface area contributed by atoms with Gasteiger partial charge in [0.1, 0.15) is 0 Å². The van der Waals surface area contributed by atoms with Gasteiger partial charge in [-0.3, -0.25) is 14.4 Å². The predicted octanol–water partition coefficient (Wildman–Crippen LogP) is 1.13. The van der Waals surface area contributed by atoms with Crippen LogP contribution in [0, 0.1) is 11.8 Å². The standard InChI is InChI=1S/C12H19N3O2/c1-8-5-15(7-11(8)12(16)17)9(2)10-4-13-14(3)6-10/h4,6,8-9,11H,5,7H2,1-3H3,(H,16,17). The van der Waals surface area contributed by atoms with E-state index in [4.69, 9.17) is 5.11 Å². The minimum Gasteiger partial charge on any atom is -0.481 e. The Morgan fingerprint density at radius 1 is 1.59 bits per heavy atom. The Hall–Kier alpha value is -1.36. The summed E-state index contributed by atoms with van der Waals surface area (Å²) in [7, 11) is 1.89. The molecule has 1 fully saturated rings. The van der Waals surface area contributed by atoms with Crippen LogP contribution in [0.25, 0.3) is 0 Å². The zero-order valence-electron chi connectivity index (χ0n) is 10.5. The van der Waals surface area contributed by atoms with Crippen LogP contribution in [0.15, 0.2) is 12.4 Å². The molecule has 0 radical (unpaired) electrons. The Morgan fingerprint density at radius 3 is 2.76 bits per heavy atom. The Morgan fingerprint density at radius 2 is 2.29 bits per heavy atom. The molecule has 5 nitrogen and oxygen atoms in total. The summed E-state index contributed by atoms with van der Waals surface area (Å²) in [6, 6.07) is 0.232. The summed E-state index contributed by atoms with van der Waals surface area (Å²) in [5.74, 6) is -0.709. The lowest BCUT2D eigenvalue weighted by Crippen LogP contribution is -2.26. The highest BCUT2D eigenvalue weighted by Crippen LogP contribution is 2.30. The molecule has 0 bridgehead atoms. The smallest absolute Gasteiger partial charge is 0.308 e. The van der Waals surface area contributed by atoms with Gasteiger partial charge in [-0.15, -0.1) is 0 Å². The van der Waals surface area contributed by atoms with E-state index in [-0.39, 0.29) is 17.9 Å². The van der Waals surface area contributed by atoms with Crippen molar-refractivity contribution in [1.29, 1.82) is 0 Å². The van der Waals surface area contributed by atoms with Gasteiger partial charge in [0.15, 0.2) is 0 Å². The summed E-state index contributed by atoms with van der Waals surface area (Å²) < 4.78 is 1.78. The predicted molar refractivity (Wildman–Crippen MR) is 63.5 cm³/mol. The van der Waals surface area contributed by atoms with E-state index in [0.717, 1.165) is 12.1 Å². The maximum atomic E-state index is 11.1. The van der Waals surface area contributed by atoms with Gasteiger partial charge < -0.3 is 5.11 Å². The molecule has 94 valence electrons. The van der Waals surface area contributed by atoms with Crippen molar-refractivity contribution in [2.24, 2.45) is 18.9 Å². The third kappa shape index (κ3) is 2.34. The normalized spacial score (nSPS) is 27.2. The van der Waals surface area contributed by atoms with Crippen LogP contribution in [0.5, 0.6) is 0 Å². The lowest BCUT2D eigenvalue weighted by molar-refractivity contribution is -0.142. The van der Waals surface area contributed by atoms with Crippen LogP contribution in [-0.2, 0) is 11.8 Å². The van der Waals surface area contributed by atoms with E-state index in [1.54, 1.807) is 4.68 Å². The highest BCUT2D eigenvalue weighted by Gasteiger charge is 2.36. The molecular formula is C12H19N3O2. The Bertz CT molecular complexity index is 416. The fourth-order valence-electron chi connectivity index (χ4n) is 2.51. The maximum Gasteiger partial charge on any atom is 0.308 e. The molecule has 0 saturated carbocycles. The van der Waals surface area contributed by atoms with Crippen molar-refractivity contribution in [3.05, 3.63) is 18.0 Å².